The second-order valence-corrected chi connectivity index (χ2v) is 7.19. The SMILES string of the molecule is CC(C)CCOc1ccc(/C=C(\C#N)C(=O)Nc2cc(Cl)ccc2Cl)cc1. The van der Waals surface area contributed by atoms with Crippen molar-refractivity contribution in [3.63, 3.8) is 0 Å². The van der Waals surface area contributed by atoms with E-state index in [1.807, 2.05) is 18.2 Å². The second kappa shape index (κ2) is 10.0. The molecule has 140 valence electrons. The minimum atomic E-state index is -0.557. The van der Waals surface area contributed by atoms with Crippen molar-refractivity contribution in [2.75, 3.05) is 11.9 Å². The van der Waals surface area contributed by atoms with E-state index in [1.165, 1.54) is 12.1 Å². The minimum absolute atomic E-state index is 0.0421. The number of carbonyl (C=O) groups is 1. The molecule has 0 saturated heterocycles. The maximum absolute atomic E-state index is 12.4. The van der Waals surface area contributed by atoms with Gasteiger partial charge in [-0.1, -0.05) is 49.2 Å². The Morgan fingerprint density at radius 3 is 2.56 bits per heavy atom. The Bertz CT molecular complexity index is 869. The van der Waals surface area contributed by atoms with Crippen LogP contribution in [0.4, 0.5) is 5.69 Å². The fraction of sp³-hybridized carbons (Fsp3) is 0.238. The molecule has 0 aromatic heterocycles. The number of benzene rings is 2. The lowest BCUT2D eigenvalue weighted by atomic mass is 10.1. The van der Waals surface area contributed by atoms with Gasteiger partial charge in [-0.25, -0.2) is 0 Å². The summed E-state index contributed by atoms with van der Waals surface area (Å²) in [6, 6.07) is 13.8. The second-order valence-electron chi connectivity index (χ2n) is 6.35. The number of ether oxygens (including phenoxy) is 1. The minimum Gasteiger partial charge on any atom is -0.494 e. The van der Waals surface area contributed by atoms with Crippen LogP contribution in [-0.4, -0.2) is 12.5 Å². The first kappa shape index (κ1) is 20.8. The third-order valence-corrected chi connectivity index (χ3v) is 4.26. The number of hydrogen-bond acceptors (Lipinski definition) is 3. The van der Waals surface area contributed by atoms with E-state index in [2.05, 4.69) is 19.2 Å². The Kier molecular flexibility index (Phi) is 7.72. The quantitative estimate of drug-likeness (QED) is 0.458. The molecule has 0 unspecified atom stereocenters. The maximum Gasteiger partial charge on any atom is 0.266 e. The summed E-state index contributed by atoms with van der Waals surface area (Å²) >= 11 is 11.9. The summed E-state index contributed by atoms with van der Waals surface area (Å²) in [4.78, 5) is 12.4. The number of amides is 1. The highest BCUT2D eigenvalue weighted by atomic mass is 35.5. The third-order valence-electron chi connectivity index (χ3n) is 3.70. The molecule has 0 fully saturated rings. The molecule has 0 aliphatic carbocycles. The fourth-order valence-corrected chi connectivity index (χ4v) is 2.51. The third kappa shape index (κ3) is 6.63. The van der Waals surface area contributed by atoms with Crippen molar-refractivity contribution in [2.24, 2.45) is 5.92 Å². The number of nitriles is 1. The van der Waals surface area contributed by atoms with Crippen LogP contribution in [0.15, 0.2) is 48.0 Å². The van der Waals surface area contributed by atoms with E-state index in [-0.39, 0.29) is 5.57 Å². The van der Waals surface area contributed by atoms with Gasteiger partial charge in [0.15, 0.2) is 0 Å². The predicted octanol–water partition coefficient (Wildman–Crippen LogP) is 5.96. The molecule has 0 spiro atoms. The first-order valence-electron chi connectivity index (χ1n) is 8.50. The van der Waals surface area contributed by atoms with Gasteiger partial charge in [-0.2, -0.15) is 5.26 Å². The highest BCUT2D eigenvalue weighted by molar-refractivity contribution is 6.36. The summed E-state index contributed by atoms with van der Waals surface area (Å²) in [5.74, 6) is 0.775. The zero-order valence-electron chi connectivity index (χ0n) is 15.1. The Balaban J connectivity index is 2.07. The van der Waals surface area contributed by atoms with Crippen molar-refractivity contribution in [3.05, 3.63) is 63.6 Å². The van der Waals surface area contributed by atoms with Crippen molar-refractivity contribution in [2.45, 2.75) is 20.3 Å². The molecule has 1 amide bonds. The van der Waals surface area contributed by atoms with Crippen LogP contribution < -0.4 is 10.1 Å². The summed E-state index contributed by atoms with van der Waals surface area (Å²) in [5.41, 5.74) is 1.03. The number of nitrogens with one attached hydrogen (secondary N) is 1. The fourth-order valence-electron chi connectivity index (χ4n) is 2.17. The van der Waals surface area contributed by atoms with Crippen LogP contribution in [-0.2, 0) is 4.79 Å². The number of hydrogen-bond donors (Lipinski definition) is 1. The molecule has 0 saturated carbocycles. The molecule has 0 radical (unpaired) electrons. The molecule has 2 aromatic carbocycles. The molecule has 0 atom stereocenters. The van der Waals surface area contributed by atoms with Gasteiger partial charge in [0, 0.05) is 5.02 Å². The summed E-state index contributed by atoms with van der Waals surface area (Å²) in [6.45, 7) is 4.93. The molecule has 0 aliphatic rings. The van der Waals surface area contributed by atoms with Crippen molar-refractivity contribution < 1.29 is 9.53 Å². The highest BCUT2D eigenvalue weighted by Gasteiger charge is 2.12. The van der Waals surface area contributed by atoms with E-state index >= 15 is 0 Å². The first-order chi connectivity index (χ1) is 12.9. The van der Waals surface area contributed by atoms with Crippen molar-refractivity contribution in [1.29, 1.82) is 5.26 Å². The average molecular weight is 403 g/mol. The number of rotatable bonds is 7. The van der Waals surface area contributed by atoms with Gasteiger partial charge in [-0.15, -0.1) is 0 Å². The monoisotopic (exact) mass is 402 g/mol. The summed E-state index contributed by atoms with van der Waals surface area (Å²) < 4.78 is 5.66. The lowest BCUT2D eigenvalue weighted by molar-refractivity contribution is -0.112. The first-order valence-corrected chi connectivity index (χ1v) is 9.25. The van der Waals surface area contributed by atoms with Crippen LogP contribution in [0.2, 0.25) is 10.0 Å². The van der Waals surface area contributed by atoms with Gasteiger partial charge in [0.2, 0.25) is 0 Å². The van der Waals surface area contributed by atoms with Crippen LogP contribution in [0, 0.1) is 17.2 Å². The molecule has 0 bridgehead atoms. The topological polar surface area (TPSA) is 62.1 Å². The molecular weight excluding hydrogens is 383 g/mol. The smallest absolute Gasteiger partial charge is 0.266 e. The van der Waals surface area contributed by atoms with Gasteiger partial charge < -0.3 is 10.1 Å². The molecule has 0 aliphatic heterocycles. The molecular formula is C21H20Cl2N2O2. The van der Waals surface area contributed by atoms with E-state index in [0.29, 0.717) is 28.3 Å². The lowest BCUT2D eigenvalue weighted by Gasteiger charge is -2.08. The zero-order chi connectivity index (χ0) is 19.8. The summed E-state index contributed by atoms with van der Waals surface area (Å²) in [5, 5.41) is 12.7. The molecule has 2 rings (SSSR count). The van der Waals surface area contributed by atoms with Gasteiger partial charge >= 0.3 is 0 Å². The van der Waals surface area contributed by atoms with E-state index in [9.17, 15) is 10.1 Å². The largest absolute Gasteiger partial charge is 0.494 e. The van der Waals surface area contributed by atoms with Gasteiger partial charge in [0.05, 0.1) is 17.3 Å². The number of carbonyl (C=O) groups excluding carboxylic acids is 1. The van der Waals surface area contributed by atoms with Crippen LogP contribution in [0.25, 0.3) is 6.08 Å². The Morgan fingerprint density at radius 1 is 1.22 bits per heavy atom. The van der Waals surface area contributed by atoms with E-state index in [4.69, 9.17) is 27.9 Å². The van der Waals surface area contributed by atoms with Crippen LogP contribution in [0.1, 0.15) is 25.8 Å². The Hall–Kier alpha value is -2.48. The van der Waals surface area contributed by atoms with E-state index < -0.39 is 5.91 Å². The lowest BCUT2D eigenvalue weighted by Crippen LogP contribution is -2.13. The normalized spacial score (nSPS) is 11.2. The zero-order valence-corrected chi connectivity index (χ0v) is 16.6. The van der Waals surface area contributed by atoms with Gasteiger partial charge in [-0.3, -0.25) is 4.79 Å². The summed E-state index contributed by atoms with van der Waals surface area (Å²) in [6.07, 6.45) is 2.48. The van der Waals surface area contributed by atoms with E-state index in [0.717, 1.165) is 17.7 Å². The molecule has 0 heterocycles. The molecule has 1 N–H and O–H groups in total. The van der Waals surface area contributed by atoms with Crippen LogP contribution >= 0.6 is 23.2 Å². The molecule has 27 heavy (non-hydrogen) atoms. The maximum atomic E-state index is 12.4. The Labute approximate surface area is 169 Å². The van der Waals surface area contributed by atoms with Crippen molar-refractivity contribution in [1.82, 2.24) is 0 Å². The van der Waals surface area contributed by atoms with Gasteiger partial charge in [0.25, 0.3) is 5.91 Å². The van der Waals surface area contributed by atoms with Crippen molar-refractivity contribution >= 4 is 40.9 Å². The summed E-state index contributed by atoms with van der Waals surface area (Å²) in [7, 11) is 0. The van der Waals surface area contributed by atoms with Crippen molar-refractivity contribution in [3.8, 4) is 11.8 Å². The average Bonchev–Trinajstić information content (AvgIpc) is 2.63. The molecule has 2 aromatic rings. The van der Waals surface area contributed by atoms with Crippen LogP contribution in [0.3, 0.4) is 0 Å². The predicted molar refractivity (Wildman–Crippen MR) is 110 cm³/mol. The highest BCUT2D eigenvalue weighted by Crippen LogP contribution is 2.26. The number of anilines is 1. The van der Waals surface area contributed by atoms with Gasteiger partial charge in [-0.05, 0) is 54.3 Å². The standard InChI is InChI=1S/C21H20Cl2N2O2/c1-14(2)9-10-27-18-6-3-15(4-7-18)11-16(13-24)21(26)25-20-12-17(22)5-8-19(20)23/h3-8,11-12,14H,9-10H2,1-2H3,(H,25,26)/b16-11+. The van der Waals surface area contributed by atoms with Crippen LogP contribution in [0.5, 0.6) is 5.75 Å². The Morgan fingerprint density at radius 2 is 1.93 bits per heavy atom. The number of halogens is 2. The molecule has 6 heteroatoms. The van der Waals surface area contributed by atoms with Gasteiger partial charge in [0.1, 0.15) is 17.4 Å². The van der Waals surface area contributed by atoms with E-state index in [1.54, 1.807) is 24.3 Å². The molecule has 4 nitrogen and oxygen atoms in total. The number of nitrogens with zero attached hydrogens (tertiary/aromatic N) is 1.